The molecule has 1 atom stereocenters. The Morgan fingerprint density at radius 1 is 1.11 bits per heavy atom. The molecular weight excluding hydrogens is 334 g/mol. The smallest absolute Gasteiger partial charge is 0.150 e. The Morgan fingerprint density at radius 2 is 2.00 bits per heavy atom. The number of likely N-dealkylation sites (tertiary alicyclic amines) is 1. The molecule has 1 unspecified atom stereocenters. The fourth-order valence-electron chi connectivity index (χ4n) is 4.57. The molecule has 5 heteroatoms. The first-order chi connectivity index (χ1) is 13.3. The van der Waals surface area contributed by atoms with Crippen molar-refractivity contribution < 1.29 is 0 Å². The van der Waals surface area contributed by atoms with Crippen molar-refractivity contribution >= 4 is 11.6 Å². The first-order valence-electron chi connectivity index (χ1n) is 10.5. The highest BCUT2D eigenvalue weighted by Gasteiger charge is 2.25. The van der Waals surface area contributed by atoms with Crippen LogP contribution in [0.1, 0.15) is 62.1 Å². The molecule has 0 amide bonds. The van der Waals surface area contributed by atoms with Crippen molar-refractivity contribution in [3.63, 3.8) is 0 Å². The van der Waals surface area contributed by atoms with E-state index in [4.69, 9.17) is 4.98 Å². The minimum Gasteiger partial charge on any atom is -0.323 e. The number of nitrogens with zero attached hydrogens (tertiary/aromatic N) is 4. The average Bonchev–Trinajstić information content (AvgIpc) is 2.71. The lowest BCUT2D eigenvalue weighted by molar-refractivity contribution is 0.159. The fourth-order valence-corrected chi connectivity index (χ4v) is 4.57. The zero-order valence-electron chi connectivity index (χ0n) is 16.4. The van der Waals surface area contributed by atoms with Crippen LogP contribution in [-0.2, 0) is 0 Å². The number of aromatic nitrogens is 3. The molecule has 1 N–H and O–H groups in total. The minimum atomic E-state index is 0.487. The maximum Gasteiger partial charge on any atom is 0.150 e. The first-order valence-corrected chi connectivity index (χ1v) is 10.5. The summed E-state index contributed by atoms with van der Waals surface area (Å²) < 4.78 is 0. The van der Waals surface area contributed by atoms with Crippen LogP contribution in [-0.4, -0.2) is 39.5 Å². The highest BCUT2D eigenvalue weighted by molar-refractivity contribution is 5.54. The third-order valence-corrected chi connectivity index (χ3v) is 6.07. The van der Waals surface area contributed by atoms with E-state index in [0.717, 1.165) is 35.4 Å². The molecule has 0 aromatic carbocycles. The quantitative estimate of drug-likeness (QED) is 0.833. The molecule has 0 radical (unpaired) electrons. The highest BCUT2D eigenvalue weighted by atomic mass is 15.1. The lowest BCUT2D eigenvalue weighted by Gasteiger charge is -2.35. The van der Waals surface area contributed by atoms with E-state index in [0.29, 0.717) is 5.92 Å². The molecule has 4 rings (SSSR count). The number of piperidine rings is 1. The third-order valence-electron chi connectivity index (χ3n) is 6.07. The van der Waals surface area contributed by atoms with E-state index < -0.39 is 0 Å². The Bertz CT molecular complexity index is 741. The molecule has 2 aliphatic rings. The van der Waals surface area contributed by atoms with Gasteiger partial charge in [-0.3, -0.25) is 4.98 Å². The zero-order chi connectivity index (χ0) is 18.5. The molecule has 1 saturated heterocycles. The number of anilines is 2. The predicted octanol–water partition coefficient (Wildman–Crippen LogP) is 4.68. The first kappa shape index (κ1) is 18.4. The Kier molecular flexibility index (Phi) is 5.97. The van der Waals surface area contributed by atoms with Gasteiger partial charge in [-0.1, -0.05) is 25.3 Å². The average molecular weight is 366 g/mol. The van der Waals surface area contributed by atoms with Gasteiger partial charge in [0.2, 0.25) is 0 Å². The Labute approximate surface area is 162 Å². The van der Waals surface area contributed by atoms with Crippen molar-refractivity contribution in [1.82, 2.24) is 19.9 Å². The maximum absolute atomic E-state index is 4.87. The molecule has 27 heavy (non-hydrogen) atoms. The summed E-state index contributed by atoms with van der Waals surface area (Å²) in [5.41, 5.74) is 2.22. The molecule has 144 valence electrons. The largest absolute Gasteiger partial charge is 0.323 e. The molecule has 2 fully saturated rings. The summed E-state index contributed by atoms with van der Waals surface area (Å²) in [5, 5.41) is 3.33. The van der Waals surface area contributed by atoms with Gasteiger partial charge in [0.1, 0.15) is 11.6 Å². The van der Waals surface area contributed by atoms with Crippen LogP contribution < -0.4 is 5.32 Å². The van der Waals surface area contributed by atoms with Gasteiger partial charge in [0.05, 0.1) is 11.9 Å². The number of nitrogens with one attached hydrogen (secondary N) is 1. The summed E-state index contributed by atoms with van der Waals surface area (Å²) in [6, 6.07) is 4.00. The van der Waals surface area contributed by atoms with Gasteiger partial charge in [-0.05, 0) is 56.7 Å². The van der Waals surface area contributed by atoms with E-state index in [1.165, 1.54) is 58.0 Å². The van der Waals surface area contributed by atoms with Gasteiger partial charge in [-0.2, -0.15) is 0 Å². The molecule has 1 aliphatic carbocycles. The SMILES string of the molecule is Cc1cccnc1Nc1cncc(C2CCCN(CC3CCCCC3)C2)n1. The number of rotatable bonds is 5. The molecule has 2 aromatic heterocycles. The molecule has 1 saturated carbocycles. The number of aryl methyl sites for hydroxylation is 1. The van der Waals surface area contributed by atoms with E-state index in [1.807, 2.05) is 12.3 Å². The molecule has 3 heterocycles. The second-order valence-corrected chi connectivity index (χ2v) is 8.23. The maximum atomic E-state index is 4.87. The van der Waals surface area contributed by atoms with Crippen LogP contribution >= 0.6 is 0 Å². The van der Waals surface area contributed by atoms with Crippen LogP contribution in [0.5, 0.6) is 0 Å². The van der Waals surface area contributed by atoms with Crippen LogP contribution in [0.4, 0.5) is 11.6 Å². The summed E-state index contributed by atoms with van der Waals surface area (Å²) in [6.07, 6.45) is 15.1. The summed E-state index contributed by atoms with van der Waals surface area (Å²) >= 11 is 0. The van der Waals surface area contributed by atoms with Gasteiger partial charge in [0.15, 0.2) is 0 Å². The van der Waals surface area contributed by atoms with Crippen molar-refractivity contribution in [2.45, 2.75) is 57.8 Å². The van der Waals surface area contributed by atoms with Gasteiger partial charge < -0.3 is 10.2 Å². The van der Waals surface area contributed by atoms with E-state index in [2.05, 4.69) is 33.2 Å². The normalized spacial score (nSPS) is 21.9. The number of pyridine rings is 1. The topological polar surface area (TPSA) is 53.9 Å². The van der Waals surface area contributed by atoms with Gasteiger partial charge in [-0.25, -0.2) is 9.97 Å². The minimum absolute atomic E-state index is 0.487. The molecular formula is C22H31N5. The Morgan fingerprint density at radius 3 is 2.85 bits per heavy atom. The second kappa shape index (κ2) is 8.79. The lowest BCUT2D eigenvalue weighted by atomic mass is 9.87. The standard InChI is InChI=1S/C22H31N5/c1-17-7-5-11-24-22(17)26-21-14-23-13-20(25-21)19-10-6-12-27(16-19)15-18-8-3-2-4-9-18/h5,7,11,13-14,18-19H,2-4,6,8-10,12,15-16H2,1H3,(H,24,25,26). The van der Waals surface area contributed by atoms with Gasteiger partial charge >= 0.3 is 0 Å². The van der Waals surface area contributed by atoms with Crippen molar-refractivity contribution in [3.05, 3.63) is 42.0 Å². The molecule has 2 aromatic rings. The van der Waals surface area contributed by atoms with Gasteiger partial charge in [-0.15, -0.1) is 0 Å². The molecule has 0 spiro atoms. The van der Waals surface area contributed by atoms with Crippen molar-refractivity contribution in [2.75, 3.05) is 25.0 Å². The van der Waals surface area contributed by atoms with E-state index in [-0.39, 0.29) is 0 Å². The van der Waals surface area contributed by atoms with Crippen LogP contribution in [0.2, 0.25) is 0 Å². The lowest BCUT2D eigenvalue weighted by Crippen LogP contribution is -2.38. The summed E-state index contributed by atoms with van der Waals surface area (Å²) in [7, 11) is 0. The van der Waals surface area contributed by atoms with Gasteiger partial charge in [0.25, 0.3) is 0 Å². The van der Waals surface area contributed by atoms with Crippen molar-refractivity contribution in [3.8, 4) is 0 Å². The molecule has 5 nitrogen and oxygen atoms in total. The molecule has 1 aliphatic heterocycles. The van der Waals surface area contributed by atoms with E-state index in [1.54, 1.807) is 12.4 Å². The second-order valence-electron chi connectivity index (χ2n) is 8.23. The fraction of sp³-hybridized carbons (Fsp3) is 0.591. The van der Waals surface area contributed by atoms with Crippen LogP contribution in [0.3, 0.4) is 0 Å². The van der Waals surface area contributed by atoms with Crippen LogP contribution in [0.15, 0.2) is 30.7 Å². The van der Waals surface area contributed by atoms with Crippen LogP contribution in [0, 0.1) is 12.8 Å². The third kappa shape index (κ3) is 4.83. The predicted molar refractivity (Wildman–Crippen MR) is 109 cm³/mol. The number of hydrogen-bond acceptors (Lipinski definition) is 5. The Balaban J connectivity index is 1.41. The summed E-state index contributed by atoms with van der Waals surface area (Å²) in [4.78, 5) is 16.4. The highest BCUT2D eigenvalue weighted by Crippen LogP contribution is 2.30. The summed E-state index contributed by atoms with van der Waals surface area (Å²) in [6.45, 7) is 5.69. The van der Waals surface area contributed by atoms with E-state index >= 15 is 0 Å². The molecule has 0 bridgehead atoms. The number of hydrogen-bond donors (Lipinski definition) is 1. The van der Waals surface area contributed by atoms with Crippen molar-refractivity contribution in [1.29, 1.82) is 0 Å². The van der Waals surface area contributed by atoms with Crippen molar-refractivity contribution in [2.24, 2.45) is 5.92 Å². The van der Waals surface area contributed by atoms with E-state index in [9.17, 15) is 0 Å². The van der Waals surface area contributed by atoms with Crippen LogP contribution in [0.25, 0.3) is 0 Å². The monoisotopic (exact) mass is 365 g/mol. The van der Waals surface area contributed by atoms with Gasteiger partial charge in [0, 0.05) is 31.4 Å². The Hall–Kier alpha value is -2.01. The summed E-state index contributed by atoms with van der Waals surface area (Å²) in [5.74, 6) is 3.04. The zero-order valence-corrected chi connectivity index (χ0v) is 16.4.